The molecule has 24 heavy (non-hydrogen) atoms. The quantitative estimate of drug-likeness (QED) is 0.497. The molecule has 2 heterocycles. The molecule has 0 bridgehead atoms. The van der Waals surface area contributed by atoms with Gasteiger partial charge in [-0.05, 0) is 4.92 Å². The van der Waals surface area contributed by atoms with Gasteiger partial charge in [-0.2, -0.15) is 9.97 Å². The second-order valence-corrected chi connectivity index (χ2v) is 4.41. The van der Waals surface area contributed by atoms with Gasteiger partial charge in [0.1, 0.15) is 5.10 Å². The molecule has 0 aliphatic heterocycles. The SMILES string of the molecule is COc1nc(OC)nc(-n2nnc([N+](=O)[O-])c2-c2ccccc2)n1. The third kappa shape index (κ3) is 2.69. The van der Waals surface area contributed by atoms with Crippen molar-refractivity contribution in [2.45, 2.75) is 0 Å². The highest BCUT2D eigenvalue weighted by Gasteiger charge is 2.28. The Labute approximate surface area is 135 Å². The van der Waals surface area contributed by atoms with Gasteiger partial charge in [-0.25, -0.2) is 0 Å². The van der Waals surface area contributed by atoms with E-state index in [1.54, 1.807) is 30.3 Å². The molecular formula is C13H11N7O4. The van der Waals surface area contributed by atoms with E-state index in [9.17, 15) is 10.1 Å². The van der Waals surface area contributed by atoms with Crippen molar-refractivity contribution in [3.63, 3.8) is 0 Å². The fourth-order valence-electron chi connectivity index (χ4n) is 1.99. The van der Waals surface area contributed by atoms with E-state index >= 15 is 0 Å². The normalized spacial score (nSPS) is 10.4. The maximum atomic E-state index is 11.3. The third-order valence-corrected chi connectivity index (χ3v) is 3.01. The van der Waals surface area contributed by atoms with Crippen LogP contribution in [0.2, 0.25) is 0 Å². The Kier molecular flexibility index (Phi) is 3.97. The fourth-order valence-corrected chi connectivity index (χ4v) is 1.99. The molecule has 11 nitrogen and oxygen atoms in total. The minimum atomic E-state index is -0.624. The molecule has 0 aliphatic rings. The van der Waals surface area contributed by atoms with Crippen molar-refractivity contribution < 1.29 is 14.4 Å². The first-order valence-electron chi connectivity index (χ1n) is 6.64. The van der Waals surface area contributed by atoms with E-state index in [1.807, 2.05) is 0 Å². The summed E-state index contributed by atoms with van der Waals surface area (Å²) in [7, 11) is 2.75. The molecule has 0 aliphatic carbocycles. The second kappa shape index (κ2) is 6.24. The predicted octanol–water partition coefficient (Wildman–Crippen LogP) is 1.04. The predicted molar refractivity (Wildman–Crippen MR) is 79.9 cm³/mol. The largest absolute Gasteiger partial charge is 0.467 e. The fraction of sp³-hybridized carbons (Fsp3) is 0.154. The lowest BCUT2D eigenvalue weighted by molar-refractivity contribution is -0.388. The van der Waals surface area contributed by atoms with Crippen LogP contribution >= 0.6 is 0 Å². The number of hydrogen-bond donors (Lipinski definition) is 0. The lowest BCUT2D eigenvalue weighted by Gasteiger charge is -2.06. The van der Waals surface area contributed by atoms with E-state index in [1.165, 1.54) is 14.2 Å². The first-order chi connectivity index (χ1) is 11.6. The summed E-state index contributed by atoms with van der Waals surface area (Å²) in [5.74, 6) is -0.433. The van der Waals surface area contributed by atoms with Crippen molar-refractivity contribution in [3.05, 3.63) is 40.4 Å². The van der Waals surface area contributed by atoms with Gasteiger partial charge in [0, 0.05) is 5.56 Å². The Balaban J connectivity index is 2.24. The van der Waals surface area contributed by atoms with E-state index in [4.69, 9.17) is 9.47 Å². The molecule has 0 amide bonds. The van der Waals surface area contributed by atoms with Gasteiger partial charge < -0.3 is 19.6 Å². The third-order valence-electron chi connectivity index (χ3n) is 3.01. The van der Waals surface area contributed by atoms with Crippen LogP contribution in [-0.2, 0) is 0 Å². The number of benzene rings is 1. The number of rotatable bonds is 5. The van der Waals surface area contributed by atoms with Gasteiger partial charge in [0.15, 0.2) is 5.69 Å². The molecule has 0 saturated heterocycles. The van der Waals surface area contributed by atoms with Crippen LogP contribution < -0.4 is 9.47 Å². The minimum absolute atomic E-state index is 0.0156. The Morgan fingerprint density at radius 2 is 1.67 bits per heavy atom. The number of methoxy groups -OCH3 is 2. The Hall–Kier alpha value is -3.63. The number of hydrogen-bond acceptors (Lipinski definition) is 9. The van der Waals surface area contributed by atoms with Crippen LogP contribution in [0.1, 0.15) is 0 Å². The number of nitrogens with zero attached hydrogens (tertiary/aromatic N) is 7. The maximum absolute atomic E-state index is 11.3. The molecule has 0 N–H and O–H groups in total. The van der Waals surface area contributed by atoms with Gasteiger partial charge >= 0.3 is 17.8 Å². The summed E-state index contributed by atoms with van der Waals surface area (Å²) in [5.41, 5.74) is 0.670. The molecule has 11 heteroatoms. The van der Waals surface area contributed by atoms with Crippen molar-refractivity contribution in [3.8, 4) is 29.2 Å². The lowest BCUT2D eigenvalue weighted by atomic mass is 10.1. The van der Waals surface area contributed by atoms with Crippen molar-refractivity contribution in [2.75, 3.05) is 14.2 Å². The zero-order valence-corrected chi connectivity index (χ0v) is 12.7. The molecule has 122 valence electrons. The van der Waals surface area contributed by atoms with Crippen LogP contribution in [0.25, 0.3) is 17.2 Å². The van der Waals surface area contributed by atoms with Crippen LogP contribution in [0.4, 0.5) is 5.82 Å². The molecule has 0 saturated carbocycles. The molecule has 0 fully saturated rings. The Bertz CT molecular complexity index is 859. The second-order valence-electron chi connectivity index (χ2n) is 4.41. The summed E-state index contributed by atoms with van der Waals surface area (Å²) >= 11 is 0. The van der Waals surface area contributed by atoms with Gasteiger partial charge in [-0.1, -0.05) is 30.3 Å². The van der Waals surface area contributed by atoms with Gasteiger partial charge in [-0.15, -0.1) is 9.67 Å². The van der Waals surface area contributed by atoms with Gasteiger partial charge in [-0.3, -0.25) is 0 Å². The van der Waals surface area contributed by atoms with E-state index in [0.29, 0.717) is 5.56 Å². The molecule has 0 radical (unpaired) electrons. The van der Waals surface area contributed by atoms with Crippen LogP contribution in [0.15, 0.2) is 30.3 Å². The topological polar surface area (TPSA) is 131 Å². The van der Waals surface area contributed by atoms with Gasteiger partial charge in [0.05, 0.1) is 19.4 Å². The molecule has 3 aromatic rings. The molecule has 2 aromatic heterocycles. The minimum Gasteiger partial charge on any atom is -0.467 e. The highest BCUT2D eigenvalue weighted by molar-refractivity contribution is 5.68. The zero-order chi connectivity index (χ0) is 17.1. The average Bonchev–Trinajstić information content (AvgIpc) is 3.07. The first kappa shape index (κ1) is 15.3. The maximum Gasteiger partial charge on any atom is 0.419 e. The monoisotopic (exact) mass is 329 g/mol. The summed E-state index contributed by atoms with van der Waals surface area (Å²) in [4.78, 5) is 22.6. The molecule has 1 aromatic carbocycles. The van der Waals surface area contributed by atoms with E-state index in [-0.39, 0.29) is 23.7 Å². The van der Waals surface area contributed by atoms with Crippen LogP contribution in [0.3, 0.4) is 0 Å². The number of aromatic nitrogens is 6. The summed E-state index contributed by atoms with van der Waals surface area (Å²) in [6, 6.07) is 8.62. The summed E-state index contributed by atoms with van der Waals surface area (Å²) in [6.07, 6.45) is 0. The molecular weight excluding hydrogens is 318 g/mol. The molecule has 0 atom stereocenters. The summed E-state index contributed by atoms with van der Waals surface area (Å²) < 4.78 is 11.1. The van der Waals surface area contributed by atoms with Crippen LogP contribution in [0, 0.1) is 10.1 Å². The number of ether oxygens (including phenoxy) is 2. The van der Waals surface area contributed by atoms with Crippen molar-refractivity contribution in [1.29, 1.82) is 0 Å². The van der Waals surface area contributed by atoms with E-state index in [0.717, 1.165) is 4.68 Å². The smallest absolute Gasteiger partial charge is 0.419 e. The van der Waals surface area contributed by atoms with Crippen LogP contribution in [0.5, 0.6) is 12.0 Å². The zero-order valence-electron chi connectivity index (χ0n) is 12.7. The van der Waals surface area contributed by atoms with Gasteiger partial charge in [0.25, 0.3) is 5.95 Å². The molecule has 0 spiro atoms. The van der Waals surface area contributed by atoms with Gasteiger partial charge in [0.2, 0.25) is 0 Å². The van der Waals surface area contributed by atoms with E-state index < -0.39 is 10.7 Å². The average molecular weight is 329 g/mol. The lowest BCUT2D eigenvalue weighted by Crippen LogP contribution is -2.09. The van der Waals surface area contributed by atoms with Crippen molar-refractivity contribution in [1.82, 2.24) is 29.9 Å². The van der Waals surface area contributed by atoms with Crippen LogP contribution in [-0.4, -0.2) is 49.1 Å². The van der Waals surface area contributed by atoms with Crippen molar-refractivity contribution >= 4 is 5.82 Å². The summed E-state index contributed by atoms with van der Waals surface area (Å²) in [5, 5.41) is 18.7. The molecule has 0 unspecified atom stereocenters. The first-order valence-corrected chi connectivity index (χ1v) is 6.64. The number of nitro groups is 1. The highest BCUT2D eigenvalue weighted by atomic mass is 16.6. The Morgan fingerprint density at radius 3 is 2.21 bits per heavy atom. The summed E-state index contributed by atoms with van der Waals surface area (Å²) in [6.45, 7) is 0. The Morgan fingerprint density at radius 1 is 1.04 bits per heavy atom. The highest BCUT2D eigenvalue weighted by Crippen LogP contribution is 2.29. The van der Waals surface area contributed by atoms with E-state index in [2.05, 4.69) is 25.3 Å². The standard InChI is InChI=1S/C13H11N7O4/c1-23-12-14-11(15-13(16-12)24-2)19-9(8-6-4-3-5-7-8)10(17-18-19)20(21)22/h3-7H,1-2H3. The van der Waals surface area contributed by atoms with Crippen molar-refractivity contribution in [2.24, 2.45) is 0 Å². The molecule has 3 rings (SSSR count).